The van der Waals surface area contributed by atoms with E-state index in [0.717, 1.165) is 33.1 Å². The molecule has 7 heteroatoms. The first-order chi connectivity index (χ1) is 15.5. The predicted octanol–water partition coefficient (Wildman–Crippen LogP) is 4.92. The predicted molar refractivity (Wildman–Crippen MR) is 128 cm³/mol. The lowest BCUT2D eigenvalue weighted by Gasteiger charge is -2.40. The van der Waals surface area contributed by atoms with Gasteiger partial charge in [-0.2, -0.15) is 0 Å². The van der Waals surface area contributed by atoms with Crippen LogP contribution in [0.1, 0.15) is 52.2 Å². The van der Waals surface area contributed by atoms with Crippen LogP contribution in [0.3, 0.4) is 0 Å². The SMILES string of the molecule is CC#Cc1ccc2oc3ccc([C@]4(C)CC(=O)N(C)/C(=N\C(=O)OC(C)(C)C)N4)cc3c2c1. The van der Waals surface area contributed by atoms with Gasteiger partial charge in [0.2, 0.25) is 11.9 Å². The molecule has 1 aliphatic heterocycles. The minimum Gasteiger partial charge on any atom is -0.456 e. The van der Waals surface area contributed by atoms with Crippen LogP contribution >= 0.6 is 0 Å². The number of benzene rings is 2. The van der Waals surface area contributed by atoms with Crippen molar-refractivity contribution in [2.24, 2.45) is 4.99 Å². The highest BCUT2D eigenvalue weighted by Crippen LogP contribution is 2.35. The first kappa shape index (κ1) is 22.4. The molecular formula is C26H27N3O4. The van der Waals surface area contributed by atoms with Gasteiger partial charge in [-0.3, -0.25) is 9.69 Å². The molecular weight excluding hydrogens is 418 g/mol. The zero-order valence-electron chi connectivity index (χ0n) is 19.7. The molecule has 0 bridgehead atoms. The van der Waals surface area contributed by atoms with Gasteiger partial charge in [0.05, 0.1) is 12.0 Å². The number of hydrogen-bond acceptors (Lipinski definition) is 4. The normalized spacial score (nSPS) is 20.0. The molecule has 1 atom stereocenters. The maximum atomic E-state index is 12.8. The third-order valence-electron chi connectivity index (χ3n) is 5.55. The molecule has 4 rings (SSSR count). The van der Waals surface area contributed by atoms with Gasteiger partial charge in [-0.15, -0.1) is 10.9 Å². The van der Waals surface area contributed by atoms with Crippen LogP contribution in [0.25, 0.3) is 21.9 Å². The van der Waals surface area contributed by atoms with Gasteiger partial charge >= 0.3 is 6.09 Å². The summed E-state index contributed by atoms with van der Waals surface area (Å²) in [5.74, 6) is 5.99. The summed E-state index contributed by atoms with van der Waals surface area (Å²) >= 11 is 0. The Balaban J connectivity index is 1.76. The molecule has 1 aromatic heterocycles. The van der Waals surface area contributed by atoms with Gasteiger partial charge in [-0.05, 0) is 70.5 Å². The van der Waals surface area contributed by atoms with E-state index in [2.05, 4.69) is 22.2 Å². The van der Waals surface area contributed by atoms with Crippen molar-refractivity contribution in [1.29, 1.82) is 0 Å². The summed E-state index contributed by atoms with van der Waals surface area (Å²) in [6, 6.07) is 11.7. The molecule has 0 saturated carbocycles. The molecule has 2 heterocycles. The standard InChI is InChI=1S/C26H27N3O4/c1-7-8-16-9-11-20-18(13-16)19-14-17(10-12-21(19)32-20)26(5)15-22(30)29(6)23(28-26)27-24(31)33-25(2,3)4/h9-14H,15H2,1-6H3,(H,27,28,31)/t26-/m0/s1. The molecule has 0 unspecified atom stereocenters. The Morgan fingerprint density at radius 2 is 1.85 bits per heavy atom. The van der Waals surface area contributed by atoms with E-state index in [1.165, 1.54) is 4.90 Å². The van der Waals surface area contributed by atoms with Crippen molar-refractivity contribution >= 4 is 39.9 Å². The lowest BCUT2D eigenvalue weighted by atomic mass is 9.86. The third-order valence-corrected chi connectivity index (χ3v) is 5.55. The number of carbonyl (C=O) groups excluding carboxylic acids is 2. The van der Waals surface area contributed by atoms with Gasteiger partial charge in [0.25, 0.3) is 0 Å². The van der Waals surface area contributed by atoms with Gasteiger partial charge in [-0.25, -0.2) is 4.79 Å². The minimum absolute atomic E-state index is 0.153. The number of guanidine groups is 1. The second-order valence-electron chi connectivity index (χ2n) is 9.40. The Kier molecular flexibility index (Phi) is 5.41. The minimum atomic E-state index is -0.775. The number of nitrogens with one attached hydrogen (secondary N) is 1. The fourth-order valence-electron chi connectivity index (χ4n) is 3.91. The van der Waals surface area contributed by atoms with Crippen molar-refractivity contribution in [2.45, 2.75) is 52.2 Å². The Morgan fingerprint density at radius 3 is 2.52 bits per heavy atom. The Hall–Kier alpha value is -3.79. The van der Waals surface area contributed by atoms with Crippen LogP contribution in [0, 0.1) is 11.8 Å². The first-order valence-corrected chi connectivity index (χ1v) is 10.7. The number of fused-ring (bicyclic) bond motifs is 3. The summed E-state index contributed by atoms with van der Waals surface area (Å²) in [6.07, 6.45) is -0.556. The molecule has 0 spiro atoms. The van der Waals surface area contributed by atoms with Crippen LogP contribution in [-0.4, -0.2) is 35.5 Å². The highest BCUT2D eigenvalue weighted by atomic mass is 16.6. The lowest BCUT2D eigenvalue weighted by Crippen LogP contribution is -2.58. The van der Waals surface area contributed by atoms with Crippen LogP contribution in [0.4, 0.5) is 4.79 Å². The van der Waals surface area contributed by atoms with Crippen molar-refractivity contribution < 1.29 is 18.7 Å². The van der Waals surface area contributed by atoms with E-state index in [4.69, 9.17) is 9.15 Å². The van der Waals surface area contributed by atoms with Crippen molar-refractivity contribution in [2.75, 3.05) is 7.05 Å². The summed E-state index contributed by atoms with van der Waals surface area (Å²) < 4.78 is 11.3. The van der Waals surface area contributed by atoms with Crippen LogP contribution in [0.5, 0.6) is 0 Å². The Labute approximate surface area is 192 Å². The van der Waals surface area contributed by atoms with Crippen molar-refractivity contribution in [3.63, 3.8) is 0 Å². The van der Waals surface area contributed by atoms with Crippen LogP contribution in [0.15, 0.2) is 45.8 Å². The number of rotatable bonds is 1. The number of nitrogens with zero attached hydrogens (tertiary/aromatic N) is 2. The molecule has 1 aliphatic rings. The van der Waals surface area contributed by atoms with Crippen LogP contribution in [0.2, 0.25) is 0 Å². The second kappa shape index (κ2) is 7.96. The van der Waals surface area contributed by atoms with Crippen molar-refractivity contribution in [3.05, 3.63) is 47.5 Å². The van der Waals surface area contributed by atoms with Gasteiger partial charge in [-0.1, -0.05) is 12.0 Å². The van der Waals surface area contributed by atoms with E-state index >= 15 is 0 Å². The lowest BCUT2D eigenvalue weighted by molar-refractivity contribution is -0.129. The molecule has 2 aromatic carbocycles. The van der Waals surface area contributed by atoms with Crippen LogP contribution < -0.4 is 5.32 Å². The number of aliphatic imine (C=N–C) groups is 1. The molecule has 170 valence electrons. The van der Waals surface area contributed by atoms with Crippen LogP contribution in [-0.2, 0) is 15.1 Å². The summed E-state index contributed by atoms with van der Waals surface area (Å²) in [4.78, 5) is 30.5. The number of hydrogen-bond donors (Lipinski definition) is 1. The molecule has 33 heavy (non-hydrogen) atoms. The molecule has 2 amide bonds. The summed E-state index contributed by atoms with van der Waals surface area (Å²) in [6.45, 7) is 9.01. The maximum Gasteiger partial charge on any atom is 0.437 e. The molecule has 1 fully saturated rings. The highest BCUT2D eigenvalue weighted by Gasteiger charge is 2.39. The largest absolute Gasteiger partial charge is 0.456 e. The average Bonchev–Trinajstić information content (AvgIpc) is 3.08. The summed E-state index contributed by atoms with van der Waals surface area (Å²) in [5.41, 5.74) is 1.85. The van der Waals surface area contributed by atoms with E-state index < -0.39 is 17.2 Å². The smallest absolute Gasteiger partial charge is 0.437 e. The van der Waals surface area contributed by atoms with Gasteiger partial charge in [0, 0.05) is 23.4 Å². The molecule has 1 N–H and O–H groups in total. The van der Waals surface area contributed by atoms with E-state index in [-0.39, 0.29) is 18.3 Å². The van der Waals surface area contributed by atoms with Crippen molar-refractivity contribution in [3.8, 4) is 11.8 Å². The van der Waals surface area contributed by atoms with Crippen molar-refractivity contribution in [1.82, 2.24) is 10.2 Å². The zero-order chi connectivity index (χ0) is 24.0. The van der Waals surface area contributed by atoms with E-state index in [9.17, 15) is 9.59 Å². The van der Waals surface area contributed by atoms with E-state index in [1.54, 1.807) is 34.7 Å². The first-order valence-electron chi connectivity index (χ1n) is 10.7. The van der Waals surface area contributed by atoms with E-state index in [0.29, 0.717) is 0 Å². The monoisotopic (exact) mass is 445 g/mol. The fourth-order valence-corrected chi connectivity index (χ4v) is 3.91. The molecule has 0 radical (unpaired) electrons. The zero-order valence-corrected chi connectivity index (χ0v) is 19.7. The second-order valence-corrected chi connectivity index (χ2v) is 9.40. The molecule has 1 saturated heterocycles. The summed E-state index contributed by atoms with van der Waals surface area (Å²) in [7, 11) is 1.58. The number of carbonyl (C=O) groups is 2. The average molecular weight is 446 g/mol. The van der Waals surface area contributed by atoms with E-state index in [1.807, 2.05) is 43.3 Å². The Morgan fingerprint density at radius 1 is 1.18 bits per heavy atom. The number of ether oxygens (including phenoxy) is 1. The van der Waals surface area contributed by atoms with Gasteiger partial charge < -0.3 is 14.5 Å². The molecule has 7 nitrogen and oxygen atoms in total. The topological polar surface area (TPSA) is 84.1 Å². The molecule has 3 aromatic rings. The molecule has 0 aliphatic carbocycles. The Bertz CT molecular complexity index is 1370. The number of amides is 2. The van der Waals surface area contributed by atoms with Gasteiger partial charge in [0.1, 0.15) is 16.8 Å². The van der Waals surface area contributed by atoms with Gasteiger partial charge in [0.15, 0.2) is 0 Å². The highest BCUT2D eigenvalue weighted by molar-refractivity contribution is 6.06. The number of furan rings is 1. The maximum absolute atomic E-state index is 12.8. The fraction of sp³-hybridized carbons (Fsp3) is 0.346. The quantitative estimate of drug-likeness (QED) is 0.538. The third kappa shape index (κ3) is 4.42. The summed E-state index contributed by atoms with van der Waals surface area (Å²) in [5, 5.41) is 5.17.